The fourth-order valence-electron chi connectivity index (χ4n) is 1.47. The summed E-state index contributed by atoms with van der Waals surface area (Å²) in [6.45, 7) is 3.56. The Kier molecular flexibility index (Phi) is 6.52. The molecule has 1 aromatic rings. The van der Waals surface area contributed by atoms with Crippen LogP contribution in [-0.2, 0) is 6.54 Å². The zero-order valence-electron chi connectivity index (χ0n) is 9.27. The van der Waals surface area contributed by atoms with E-state index in [4.69, 9.17) is 34.8 Å². The first kappa shape index (κ1) is 14.1. The van der Waals surface area contributed by atoms with E-state index in [9.17, 15) is 0 Å². The molecule has 4 heteroatoms. The Balaban J connectivity index is 2.43. The van der Waals surface area contributed by atoms with Gasteiger partial charge in [0.15, 0.2) is 0 Å². The number of hydrogen-bond donors (Lipinski definition) is 1. The molecule has 1 nitrogen and oxygen atoms in total. The minimum Gasteiger partial charge on any atom is -0.311 e. The van der Waals surface area contributed by atoms with Gasteiger partial charge in [0, 0.05) is 34.1 Å². The maximum atomic E-state index is 6.10. The predicted octanol–water partition coefficient (Wildman–Crippen LogP) is 4.49. The van der Waals surface area contributed by atoms with Gasteiger partial charge in [-0.1, -0.05) is 42.6 Å². The zero-order chi connectivity index (χ0) is 12.0. The standard InChI is InChI=1S/C12H16Cl3N/c1-2-4-9(13)7-16-8-10-11(14)5-3-6-12(10)15/h3,5-6,9,16H,2,4,7-8H2,1H3. The second kappa shape index (κ2) is 7.39. The first-order chi connectivity index (χ1) is 7.65. The van der Waals surface area contributed by atoms with E-state index in [1.54, 1.807) is 0 Å². The van der Waals surface area contributed by atoms with Gasteiger partial charge in [-0.15, -0.1) is 11.6 Å². The van der Waals surface area contributed by atoms with Crippen molar-refractivity contribution in [3.05, 3.63) is 33.8 Å². The highest BCUT2D eigenvalue weighted by molar-refractivity contribution is 6.35. The third-order valence-electron chi connectivity index (χ3n) is 2.33. The number of hydrogen-bond acceptors (Lipinski definition) is 1. The Morgan fingerprint density at radius 2 is 1.88 bits per heavy atom. The van der Waals surface area contributed by atoms with Crippen LogP contribution in [-0.4, -0.2) is 11.9 Å². The second-order valence-electron chi connectivity index (χ2n) is 3.72. The summed E-state index contributed by atoms with van der Waals surface area (Å²) in [4.78, 5) is 0. The number of rotatable bonds is 6. The van der Waals surface area contributed by atoms with Crippen LogP contribution in [0.25, 0.3) is 0 Å². The van der Waals surface area contributed by atoms with E-state index in [0.29, 0.717) is 16.6 Å². The summed E-state index contributed by atoms with van der Waals surface area (Å²) in [6.07, 6.45) is 2.12. The molecule has 0 aromatic heterocycles. The molecule has 1 aromatic carbocycles. The minimum atomic E-state index is 0.172. The Morgan fingerprint density at radius 1 is 1.25 bits per heavy atom. The van der Waals surface area contributed by atoms with Gasteiger partial charge in [-0.3, -0.25) is 0 Å². The van der Waals surface area contributed by atoms with Gasteiger partial charge in [-0.2, -0.15) is 0 Å². The summed E-state index contributed by atoms with van der Waals surface area (Å²) in [7, 11) is 0. The van der Waals surface area contributed by atoms with Crippen molar-refractivity contribution in [2.45, 2.75) is 31.7 Å². The Bertz CT molecular complexity index is 308. The van der Waals surface area contributed by atoms with Crippen molar-refractivity contribution >= 4 is 34.8 Å². The number of alkyl halides is 1. The molecule has 1 atom stereocenters. The average Bonchev–Trinajstić information content (AvgIpc) is 2.23. The molecule has 0 spiro atoms. The fraction of sp³-hybridized carbons (Fsp3) is 0.500. The maximum Gasteiger partial charge on any atom is 0.0465 e. The lowest BCUT2D eigenvalue weighted by molar-refractivity contribution is 0.623. The van der Waals surface area contributed by atoms with Crippen molar-refractivity contribution < 1.29 is 0 Å². The highest BCUT2D eigenvalue weighted by atomic mass is 35.5. The van der Waals surface area contributed by atoms with E-state index in [1.807, 2.05) is 18.2 Å². The molecule has 90 valence electrons. The smallest absolute Gasteiger partial charge is 0.0465 e. The SMILES string of the molecule is CCCC(Cl)CNCc1c(Cl)cccc1Cl. The fourth-order valence-corrected chi connectivity index (χ4v) is 2.33. The lowest BCUT2D eigenvalue weighted by Gasteiger charge is -2.11. The molecule has 0 heterocycles. The summed E-state index contributed by atoms with van der Waals surface area (Å²) in [5, 5.41) is 4.83. The van der Waals surface area contributed by atoms with Crippen LogP contribution in [0.5, 0.6) is 0 Å². The van der Waals surface area contributed by atoms with Gasteiger partial charge in [0.1, 0.15) is 0 Å². The molecule has 1 unspecified atom stereocenters. The van der Waals surface area contributed by atoms with Crippen molar-refractivity contribution in [3.63, 3.8) is 0 Å². The normalized spacial score (nSPS) is 12.8. The van der Waals surface area contributed by atoms with Crippen LogP contribution in [0.4, 0.5) is 0 Å². The van der Waals surface area contributed by atoms with E-state index >= 15 is 0 Å². The molecule has 1 rings (SSSR count). The molecule has 0 bridgehead atoms. The summed E-state index contributed by atoms with van der Waals surface area (Å²) >= 11 is 18.2. The molecule has 0 amide bonds. The number of nitrogens with one attached hydrogen (secondary N) is 1. The first-order valence-corrected chi connectivity index (χ1v) is 6.62. The van der Waals surface area contributed by atoms with Gasteiger partial charge in [0.25, 0.3) is 0 Å². The van der Waals surface area contributed by atoms with E-state index < -0.39 is 0 Å². The Labute approximate surface area is 112 Å². The maximum absolute atomic E-state index is 6.10. The van der Waals surface area contributed by atoms with Crippen molar-refractivity contribution in [2.75, 3.05) is 6.54 Å². The van der Waals surface area contributed by atoms with Crippen molar-refractivity contribution in [1.82, 2.24) is 5.32 Å². The third-order valence-corrected chi connectivity index (χ3v) is 3.41. The van der Waals surface area contributed by atoms with Crippen LogP contribution >= 0.6 is 34.8 Å². The van der Waals surface area contributed by atoms with E-state index in [1.165, 1.54) is 0 Å². The highest BCUT2D eigenvalue weighted by Crippen LogP contribution is 2.23. The van der Waals surface area contributed by atoms with Gasteiger partial charge in [-0.05, 0) is 18.6 Å². The molecular weight excluding hydrogens is 264 g/mol. The van der Waals surface area contributed by atoms with Crippen LogP contribution in [0.2, 0.25) is 10.0 Å². The van der Waals surface area contributed by atoms with Gasteiger partial charge < -0.3 is 5.32 Å². The minimum absolute atomic E-state index is 0.172. The summed E-state index contributed by atoms with van der Waals surface area (Å²) in [5.41, 5.74) is 0.936. The molecule has 0 aliphatic carbocycles. The molecular formula is C12H16Cl3N. The quantitative estimate of drug-likeness (QED) is 0.757. The van der Waals surface area contributed by atoms with Gasteiger partial charge in [0.2, 0.25) is 0 Å². The summed E-state index contributed by atoms with van der Waals surface area (Å²) in [5.74, 6) is 0. The van der Waals surface area contributed by atoms with Crippen molar-refractivity contribution in [2.24, 2.45) is 0 Å². The Morgan fingerprint density at radius 3 is 2.44 bits per heavy atom. The van der Waals surface area contributed by atoms with Gasteiger partial charge in [-0.25, -0.2) is 0 Å². The number of halogens is 3. The topological polar surface area (TPSA) is 12.0 Å². The highest BCUT2D eigenvalue weighted by Gasteiger charge is 2.06. The van der Waals surface area contributed by atoms with Crippen molar-refractivity contribution in [1.29, 1.82) is 0 Å². The average molecular weight is 281 g/mol. The van der Waals surface area contributed by atoms with Crippen LogP contribution in [0.1, 0.15) is 25.3 Å². The monoisotopic (exact) mass is 279 g/mol. The first-order valence-electron chi connectivity index (χ1n) is 5.42. The molecule has 0 saturated heterocycles. The zero-order valence-corrected chi connectivity index (χ0v) is 11.5. The van der Waals surface area contributed by atoms with E-state index in [0.717, 1.165) is 24.9 Å². The Hall–Kier alpha value is 0.0500. The molecule has 16 heavy (non-hydrogen) atoms. The summed E-state index contributed by atoms with van der Waals surface area (Å²) < 4.78 is 0. The largest absolute Gasteiger partial charge is 0.311 e. The van der Waals surface area contributed by atoms with E-state index in [-0.39, 0.29) is 5.38 Å². The summed E-state index contributed by atoms with van der Waals surface area (Å²) in [6, 6.07) is 5.53. The third kappa shape index (κ3) is 4.50. The predicted molar refractivity (Wildman–Crippen MR) is 72.7 cm³/mol. The second-order valence-corrected chi connectivity index (χ2v) is 5.15. The van der Waals surface area contributed by atoms with Crippen LogP contribution in [0.3, 0.4) is 0 Å². The van der Waals surface area contributed by atoms with Gasteiger partial charge in [0.05, 0.1) is 0 Å². The molecule has 0 aliphatic rings. The molecule has 0 radical (unpaired) electrons. The van der Waals surface area contributed by atoms with Crippen LogP contribution in [0.15, 0.2) is 18.2 Å². The lowest BCUT2D eigenvalue weighted by atomic mass is 10.2. The molecule has 0 saturated carbocycles. The molecule has 0 fully saturated rings. The molecule has 1 N–H and O–H groups in total. The molecule has 0 aliphatic heterocycles. The van der Waals surface area contributed by atoms with E-state index in [2.05, 4.69) is 12.2 Å². The lowest BCUT2D eigenvalue weighted by Crippen LogP contribution is -2.23. The van der Waals surface area contributed by atoms with Crippen LogP contribution in [0, 0.1) is 0 Å². The number of benzene rings is 1. The van der Waals surface area contributed by atoms with Crippen molar-refractivity contribution in [3.8, 4) is 0 Å². The van der Waals surface area contributed by atoms with Crippen LogP contribution < -0.4 is 5.32 Å². The van der Waals surface area contributed by atoms with Gasteiger partial charge >= 0.3 is 0 Å².